The van der Waals surface area contributed by atoms with E-state index in [-0.39, 0.29) is 0 Å². The fourth-order valence-electron chi connectivity index (χ4n) is 1.66. The van der Waals surface area contributed by atoms with Crippen molar-refractivity contribution in [2.24, 2.45) is 0 Å². The second-order valence-corrected chi connectivity index (χ2v) is 4.99. The highest BCUT2D eigenvalue weighted by molar-refractivity contribution is 6.31. The number of aliphatic carboxylic acids is 1. The molecule has 0 saturated carbocycles. The molecule has 2 rings (SSSR count). The Kier molecular flexibility index (Phi) is 4.70. The second-order valence-electron chi connectivity index (χ2n) is 4.58. The topological polar surface area (TPSA) is 55.8 Å². The molecule has 2 aromatic carbocycles. The van der Waals surface area contributed by atoms with Gasteiger partial charge in [-0.15, -0.1) is 0 Å². The molecule has 0 aliphatic heterocycles. The van der Waals surface area contributed by atoms with E-state index in [1.54, 1.807) is 36.4 Å². The first-order valence-corrected chi connectivity index (χ1v) is 6.77. The van der Waals surface area contributed by atoms with Gasteiger partial charge in [0.1, 0.15) is 17.2 Å². The normalized spacial score (nSPS) is 11.8. The molecule has 2 aromatic rings. The summed E-state index contributed by atoms with van der Waals surface area (Å²) < 4.78 is 10.9. The average Bonchev–Trinajstić information content (AvgIpc) is 2.45. The van der Waals surface area contributed by atoms with Crippen molar-refractivity contribution >= 4 is 17.6 Å². The van der Waals surface area contributed by atoms with Crippen LogP contribution in [0.2, 0.25) is 5.02 Å². The lowest BCUT2D eigenvalue weighted by Gasteiger charge is -2.11. The molecule has 1 N–H and O–H groups in total. The summed E-state index contributed by atoms with van der Waals surface area (Å²) in [6.07, 6.45) is -0.893. The van der Waals surface area contributed by atoms with E-state index in [4.69, 9.17) is 26.2 Å². The first-order chi connectivity index (χ1) is 9.95. The SMILES string of the molecule is Cc1cc(Oc2ccc(OC(C)C(=O)O)cc2)ccc1Cl. The highest BCUT2D eigenvalue weighted by Gasteiger charge is 2.12. The Balaban J connectivity index is 2.05. The molecule has 110 valence electrons. The molecule has 0 heterocycles. The van der Waals surface area contributed by atoms with Crippen LogP contribution in [-0.4, -0.2) is 17.2 Å². The van der Waals surface area contributed by atoms with Crippen LogP contribution in [0.1, 0.15) is 12.5 Å². The first-order valence-electron chi connectivity index (χ1n) is 6.39. The Morgan fingerprint density at radius 2 is 1.67 bits per heavy atom. The third-order valence-corrected chi connectivity index (χ3v) is 3.27. The Morgan fingerprint density at radius 3 is 2.24 bits per heavy atom. The molecule has 0 spiro atoms. The maximum Gasteiger partial charge on any atom is 0.344 e. The van der Waals surface area contributed by atoms with Gasteiger partial charge in [0, 0.05) is 5.02 Å². The standard InChI is InChI=1S/C16H15ClO4/c1-10-9-14(7-8-15(10)17)21-13-5-3-12(4-6-13)20-11(2)16(18)19/h3-9,11H,1-2H3,(H,18,19). The maximum atomic E-state index is 10.7. The van der Waals surface area contributed by atoms with Crippen LogP contribution in [0, 0.1) is 6.92 Å². The van der Waals surface area contributed by atoms with Crippen molar-refractivity contribution in [2.45, 2.75) is 20.0 Å². The Morgan fingerprint density at radius 1 is 1.10 bits per heavy atom. The third kappa shape index (κ3) is 4.13. The summed E-state index contributed by atoms with van der Waals surface area (Å²) in [6, 6.07) is 12.2. The highest BCUT2D eigenvalue weighted by Crippen LogP contribution is 2.27. The van der Waals surface area contributed by atoms with Crippen LogP contribution in [0.4, 0.5) is 0 Å². The Bertz CT molecular complexity index is 637. The number of carboxylic acids is 1. The lowest BCUT2D eigenvalue weighted by atomic mass is 10.2. The highest BCUT2D eigenvalue weighted by atomic mass is 35.5. The zero-order chi connectivity index (χ0) is 15.4. The summed E-state index contributed by atoms with van der Waals surface area (Å²) in [5, 5.41) is 9.47. The van der Waals surface area contributed by atoms with Gasteiger partial charge in [0.25, 0.3) is 0 Å². The van der Waals surface area contributed by atoms with Crippen LogP contribution in [0.25, 0.3) is 0 Å². The molecule has 0 fully saturated rings. The monoisotopic (exact) mass is 306 g/mol. The number of carboxylic acid groups (broad SMARTS) is 1. The van der Waals surface area contributed by atoms with Gasteiger partial charge in [-0.2, -0.15) is 0 Å². The van der Waals surface area contributed by atoms with Gasteiger partial charge in [0.05, 0.1) is 0 Å². The summed E-state index contributed by atoms with van der Waals surface area (Å²) in [5.74, 6) is 0.785. The fourth-order valence-corrected chi connectivity index (χ4v) is 1.78. The van der Waals surface area contributed by atoms with Gasteiger partial charge in [0.2, 0.25) is 0 Å². The van der Waals surface area contributed by atoms with Crippen molar-refractivity contribution in [1.29, 1.82) is 0 Å². The van der Waals surface area contributed by atoms with Gasteiger partial charge in [-0.1, -0.05) is 11.6 Å². The predicted molar refractivity (Wildman–Crippen MR) is 80.4 cm³/mol. The molecule has 0 saturated heterocycles. The molecule has 0 amide bonds. The Hall–Kier alpha value is -2.20. The van der Waals surface area contributed by atoms with Crippen LogP contribution < -0.4 is 9.47 Å². The van der Waals surface area contributed by atoms with Crippen molar-refractivity contribution in [3.05, 3.63) is 53.1 Å². The molecule has 1 unspecified atom stereocenters. The summed E-state index contributed by atoms with van der Waals surface area (Å²) in [6.45, 7) is 3.38. The van der Waals surface area contributed by atoms with Crippen LogP contribution in [0.3, 0.4) is 0 Å². The van der Waals surface area contributed by atoms with Crippen molar-refractivity contribution in [2.75, 3.05) is 0 Å². The van der Waals surface area contributed by atoms with E-state index in [9.17, 15) is 4.79 Å². The molecule has 0 bridgehead atoms. The summed E-state index contributed by atoms with van der Waals surface area (Å²) in [4.78, 5) is 10.7. The molecule has 0 aromatic heterocycles. The number of hydrogen-bond acceptors (Lipinski definition) is 3. The number of aryl methyl sites for hydroxylation is 1. The van der Waals surface area contributed by atoms with Crippen molar-refractivity contribution in [3.8, 4) is 17.2 Å². The largest absolute Gasteiger partial charge is 0.479 e. The molecule has 0 aliphatic carbocycles. The van der Waals surface area contributed by atoms with Crippen molar-refractivity contribution in [3.63, 3.8) is 0 Å². The number of carbonyl (C=O) groups is 1. The zero-order valence-corrected chi connectivity index (χ0v) is 12.4. The van der Waals surface area contributed by atoms with Crippen molar-refractivity contribution < 1.29 is 19.4 Å². The summed E-state index contributed by atoms with van der Waals surface area (Å²) in [7, 11) is 0. The molecular weight excluding hydrogens is 292 g/mol. The molecule has 5 heteroatoms. The lowest BCUT2D eigenvalue weighted by Crippen LogP contribution is -2.22. The number of benzene rings is 2. The van der Waals surface area contributed by atoms with Gasteiger partial charge < -0.3 is 14.6 Å². The molecule has 0 radical (unpaired) electrons. The first kappa shape index (κ1) is 15.2. The van der Waals surface area contributed by atoms with Gasteiger partial charge in [-0.3, -0.25) is 0 Å². The lowest BCUT2D eigenvalue weighted by molar-refractivity contribution is -0.144. The minimum atomic E-state index is -1.01. The summed E-state index contributed by atoms with van der Waals surface area (Å²) >= 11 is 5.96. The molecule has 1 atom stereocenters. The number of halogens is 1. The minimum absolute atomic E-state index is 0.476. The van der Waals surface area contributed by atoms with Gasteiger partial charge in [-0.25, -0.2) is 4.79 Å². The van der Waals surface area contributed by atoms with Crippen molar-refractivity contribution in [1.82, 2.24) is 0 Å². The predicted octanol–water partition coefficient (Wildman–Crippen LogP) is 4.29. The molecule has 0 aliphatic rings. The summed E-state index contributed by atoms with van der Waals surface area (Å²) in [5.41, 5.74) is 0.935. The van der Waals surface area contributed by atoms with E-state index in [2.05, 4.69) is 0 Å². The smallest absolute Gasteiger partial charge is 0.344 e. The van der Waals surface area contributed by atoms with E-state index in [1.807, 2.05) is 13.0 Å². The van der Waals surface area contributed by atoms with Crippen LogP contribution >= 0.6 is 11.6 Å². The van der Waals surface area contributed by atoms with E-state index < -0.39 is 12.1 Å². The van der Waals surface area contributed by atoms with E-state index in [1.165, 1.54) is 6.92 Å². The second kappa shape index (κ2) is 6.50. The van der Waals surface area contributed by atoms with Gasteiger partial charge in [0.15, 0.2) is 6.10 Å². The van der Waals surface area contributed by atoms with Gasteiger partial charge in [-0.05, 0) is 61.9 Å². The van der Waals surface area contributed by atoms with Crippen LogP contribution in [0.5, 0.6) is 17.2 Å². The Labute approximate surface area is 127 Å². The number of rotatable bonds is 5. The van der Waals surface area contributed by atoms with Crippen LogP contribution in [-0.2, 0) is 4.79 Å². The van der Waals surface area contributed by atoms with E-state index in [0.717, 1.165) is 5.56 Å². The average molecular weight is 307 g/mol. The zero-order valence-electron chi connectivity index (χ0n) is 11.7. The fraction of sp³-hybridized carbons (Fsp3) is 0.188. The van der Waals surface area contributed by atoms with Gasteiger partial charge >= 0.3 is 5.97 Å². The van der Waals surface area contributed by atoms with E-state index in [0.29, 0.717) is 22.3 Å². The van der Waals surface area contributed by atoms with Crippen LogP contribution in [0.15, 0.2) is 42.5 Å². The number of hydrogen-bond donors (Lipinski definition) is 1. The molecular formula is C16H15ClO4. The quantitative estimate of drug-likeness (QED) is 0.895. The van der Waals surface area contributed by atoms with E-state index >= 15 is 0 Å². The minimum Gasteiger partial charge on any atom is -0.479 e. The third-order valence-electron chi connectivity index (χ3n) is 2.85. The number of ether oxygens (including phenoxy) is 2. The molecule has 21 heavy (non-hydrogen) atoms. The maximum absolute atomic E-state index is 10.7. The molecule has 4 nitrogen and oxygen atoms in total.